The zero-order valence-corrected chi connectivity index (χ0v) is 12.1. The molecule has 1 unspecified atom stereocenters. The molecule has 2 aliphatic heterocycles. The zero-order valence-electron chi connectivity index (χ0n) is 12.1. The molecule has 0 amide bonds. The summed E-state index contributed by atoms with van der Waals surface area (Å²) in [6.45, 7) is 4.86. The Hall–Kier alpha value is -0.860. The van der Waals surface area contributed by atoms with Gasteiger partial charge in [-0.2, -0.15) is 0 Å². The van der Waals surface area contributed by atoms with E-state index < -0.39 is 0 Å². The molecular formula is C17H26N2. The first-order chi connectivity index (χ1) is 9.33. The Morgan fingerprint density at radius 2 is 1.79 bits per heavy atom. The molecule has 1 aromatic rings. The summed E-state index contributed by atoms with van der Waals surface area (Å²) in [4.78, 5) is 2.48. The van der Waals surface area contributed by atoms with Gasteiger partial charge in [-0.1, -0.05) is 24.3 Å². The van der Waals surface area contributed by atoms with Gasteiger partial charge in [-0.05, 0) is 75.3 Å². The van der Waals surface area contributed by atoms with Gasteiger partial charge in [-0.25, -0.2) is 0 Å². The van der Waals surface area contributed by atoms with Crippen LogP contribution < -0.4 is 5.32 Å². The molecule has 2 aliphatic rings. The molecule has 19 heavy (non-hydrogen) atoms. The number of nitrogens with zero attached hydrogens (tertiary/aromatic N) is 1. The van der Waals surface area contributed by atoms with E-state index in [0.29, 0.717) is 0 Å². The summed E-state index contributed by atoms with van der Waals surface area (Å²) in [7, 11) is 2.25. The Morgan fingerprint density at radius 1 is 1.05 bits per heavy atom. The maximum absolute atomic E-state index is 3.46. The van der Waals surface area contributed by atoms with Crippen LogP contribution in [-0.2, 0) is 0 Å². The monoisotopic (exact) mass is 258 g/mol. The minimum Gasteiger partial charge on any atom is -0.317 e. The maximum atomic E-state index is 3.46. The number of hydrogen-bond acceptors (Lipinski definition) is 2. The molecular weight excluding hydrogens is 232 g/mol. The molecule has 2 heterocycles. The van der Waals surface area contributed by atoms with Crippen molar-refractivity contribution in [2.75, 3.05) is 33.2 Å². The van der Waals surface area contributed by atoms with E-state index >= 15 is 0 Å². The molecule has 1 aromatic carbocycles. The summed E-state index contributed by atoms with van der Waals surface area (Å²) in [5.41, 5.74) is 3.15. The Bertz CT molecular complexity index is 409. The Kier molecular flexibility index (Phi) is 4.19. The molecule has 2 saturated heterocycles. The molecule has 3 rings (SSSR count). The van der Waals surface area contributed by atoms with E-state index in [2.05, 4.69) is 41.5 Å². The fraction of sp³-hybridized carbons (Fsp3) is 0.647. The second-order valence-electron chi connectivity index (χ2n) is 6.30. The van der Waals surface area contributed by atoms with Crippen molar-refractivity contribution in [2.45, 2.75) is 37.5 Å². The van der Waals surface area contributed by atoms with Crippen LogP contribution in [0.2, 0.25) is 0 Å². The molecule has 2 nitrogen and oxygen atoms in total. The number of rotatable bonds is 2. The smallest absolute Gasteiger partial charge is 0.00472 e. The summed E-state index contributed by atoms with van der Waals surface area (Å²) in [5, 5.41) is 3.46. The third kappa shape index (κ3) is 3.18. The first-order valence-electron chi connectivity index (χ1n) is 7.82. The highest BCUT2D eigenvalue weighted by atomic mass is 15.1. The van der Waals surface area contributed by atoms with Gasteiger partial charge in [0, 0.05) is 6.54 Å². The molecule has 0 aromatic heterocycles. The molecule has 2 heteroatoms. The topological polar surface area (TPSA) is 15.3 Å². The molecule has 0 spiro atoms. The Morgan fingerprint density at radius 3 is 2.53 bits per heavy atom. The van der Waals surface area contributed by atoms with Crippen molar-refractivity contribution < 1.29 is 0 Å². The van der Waals surface area contributed by atoms with E-state index in [-0.39, 0.29) is 0 Å². The first kappa shape index (κ1) is 13.1. The average molecular weight is 258 g/mol. The summed E-state index contributed by atoms with van der Waals surface area (Å²) < 4.78 is 0. The van der Waals surface area contributed by atoms with Gasteiger partial charge in [0.25, 0.3) is 0 Å². The van der Waals surface area contributed by atoms with Crippen molar-refractivity contribution in [3.63, 3.8) is 0 Å². The molecule has 1 N–H and O–H groups in total. The number of benzene rings is 1. The van der Waals surface area contributed by atoms with Crippen molar-refractivity contribution in [2.24, 2.45) is 0 Å². The Labute approximate surface area is 117 Å². The van der Waals surface area contributed by atoms with Crippen LogP contribution in [0.15, 0.2) is 24.3 Å². The van der Waals surface area contributed by atoms with Crippen LogP contribution in [0.4, 0.5) is 0 Å². The van der Waals surface area contributed by atoms with Crippen LogP contribution in [0.1, 0.15) is 48.6 Å². The highest BCUT2D eigenvalue weighted by Crippen LogP contribution is 2.31. The van der Waals surface area contributed by atoms with Crippen molar-refractivity contribution in [3.05, 3.63) is 35.4 Å². The van der Waals surface area contributed by atoms with E-state index in [9.17, 15) is 0 Å². The number of likely N-dealkylation sites (tertiary alicyclic amines) is 1. The van der Waals surface area contributed by atoms with Crippen molar-refractivity contribution in [3.8, 4) is 0 Å². The first-order valence-corrected chi connectivity index (χ1v) is 7.82. The lowest BCUT2D eigenvalue weighted by Crippen LogP contribution is -2.31. The molecule has 1 atom stereocenters. The van der Waals surface area contributed by atoms with Crippen LogP contribution in [0.5, 0.6) is 0 Å². The van der Waals surface area contributed by atoms with Gasteiger partial charge in [0.05, 0.1) is 0 Å². The average Bonchev–Trinajstić information content (AvgIpc) is 2.48. The Balaban J connectivity index is 1.75. The largest absolute Gasteiger partial charge is 0.317 e. The predicted molar refractivity (Wildman–Crippen MR) is 80.8 cm³/mol. The van der Waals surface area contributed by atoms with Crippen molar-refractivity contribution >= 4 is 0 Å². The highest BCUT2D eigenvalue weighted by Gasteiger charge is 2.20. The lowest BCUT2D eigenvalue weighted by molar-refractivity contribution is 0.250. The van der Waals surface area contributed by atoms with E-state index in [1.165, 1.54) is 51.9 Å². The third-order valence-corrected chi connectivity index (χ3v) is 4.82. The molecule has 104 valence electrons. The predicted octanol–water partition coefficient (Wildman–Crippen LogP) is 2.96. The van der Waals surface area contributed by atoms with Gasteiger partial charge in [-0.3, -0.25) is 0 Å². The molecule has 2 fully saturated rings. The van der Waals surface area contributed by atoms with Crippen LogP contribution in [-0.4, -0.2) is 38.1 Å². The maximum Gasteiger partial charge on any atom is 0.00472 e. The fourth-order valence-corrected chi connectivity index (χ4v) is 3.66. The summed E-state index contributed by atoms with van der Waals surface area (Å²) >= 11 is 0. The second kappa shape index (κ2) is 6.06. The number of piperidine rings is 2. The van der Waals surface area contributed by atoms with Gasteiger partial charge in [-0.15, -0.1) is 0 Å². The lowest BCUT2D eigenvalue weighted by Gasteiger charge is -2.31. The van der Waals surface area contributed by atoms with Crippen molar-refractivity contribution in [1.82, 2.24) is 10.2 Å². The highest BCUT2D eigenvalue weighted by molar-refractivity contribution is 5.30. The van der Waals surface area contributed by atoms with Crippen LogP contribution >= 0.6 is 0 Å². The van der Waals surface area contributed by atoms with Gasteiger partial charge >= 0.3 is 0 Å². The van der Waals surface area contributed by atoms with Crippen LogP contribution in [0.25, 0.3) is 0 Å². The van der Waals surface area contributed by atoms with Gasteiger partial charge in [0.2, 0.25) is 0 Å². The zero-order chi connectivity index (χ0) is 13.1. The van der Waals surface area contributed by atoms with Gasteiger partial charge in [0.1, 0.15) is 0 Å². The molecule has 0 bridgehead atoms. The normalized spacial score (nSPS) is 26.5. The quantitative estimate of drug-likeness (QED) is 0.877. The van der Waals surface area contributed by atoms with Crippen LogP contribution in [0, 0.1) is 0 Å². The minimum absolute atomic E-state index is 0.750. The van der Waals surface area contributed by atoms with Crippen molar-refractivity contribution in [1.29, 1.82) is 0 Å². The fourth-order valence-electron chi connectivity index (χ4n) is 3.66. The van der Waals surface area contributed by atoms with Crippen LogP contribution in [0.3, 0.4) is 0 Å². The standard InChI is InChI=1S/C17H26N2/c1-19-11-3-6-17(13-19)16-5-2-4-15(12-16)14-7-9-18-10-8-14/h2,4-5,12,14,17-18H,3,6-11,13H2,1H3. The van der Waals surface area contributed by atoms with Gasteiger partial charge < -0.3 is 10.2 Å². The molecule has 0 saturated carbocycles. The van der Waals surface area contributed by atoms with E-state index in [0.717, 1.165) is 11.8 Å². The summed E-state index contributed by atoms with van der Waals surface area (Å²) in [5.74, 6) is 1.53. The minimum atomic E-state index is 0.750. The van der Waals surface area contributed by atoms with Gasteiger partial charge in [0.15, 0.2) is 0 Å². The van der Waals surface area contributed by atoms with E-state index in [4.69, 9.17) is 0 Å². The van der Waals surface area contributed by atoms with E-state index in [1.807, 2.05) is 0 Å². The number of nitrogens with one attached hydrogen (secondary N) is 1. The van der Waals surface area contributed by atoms with E-state index in [1.54, 1.807) is 11.1 Å². The summed E-state index contributed by atoms with van der Waals surface area (Å²) in [6, 6.07) is 9.46. The number of hydrogen-bond donors (Lipinski definition) is 1. The lowest BCUT2D eigenvalue weighted by atomic mass is 9.85. The second-order valence-corrected chi connectivity index (χ2v) is 6.30. The molecule has 0 aliphatic carbocycles. The SMILES string of the molecule is CN1CCCC(c2cccc(C3CCNCC3)c2)C1. The summed E-state index contributed by atoms with van der Waals surface area (Å²) in [6.07, 6.45) is 5.31. The third-order valence-electron chi connectivity index (χ3n) is 4.82. The number of likely N-dealkylation sites (N-methyl/N-ethyl adjacent to an activating group) is 1. The molecule has 0 radical (unpaired) electrons.